The topological polar surface area (TPSA) is 83.4 Å². The van der Waals surface area contributed by atoms with Crippen molar-refractivity contribution in [3.8, 4) is 16.5 Å². The lowest BCUT2D eigenvalue weighted by atomic mass is 9.98. The summed E-state index contributed by atoms with van der Waals surface area (Å²) in [7, 11) is 0. The van der Waals surface area contributed by atoms with E-state index in [1.165, 1.54) is 0 Å². The standard InChI is InChI=1S/C22H27N5O2S/c28-16-17-6-11-27(12-7-17)10-2-13-29-19-4-1-3-18(15-19)25-22-24-8-5-20(26-22)21-23-9-14-30-21/h1,3-5,8-9,14-15,17,28H,2,6-7,10-13,16H2,(H,24,25,26). The van der Waals surface area contributed by atoms with Crippen molar-refractivity contribution in [2.24, 2.45) is 5.92 Å². The highest BCUT2D eigenvalue weighted by Gasteiger charge is 2.17. The van der Waals surface area contributed by atoms with E-state index < -0.39 is 0 Å². The van der Waals surface area contributed by atoms with Crippen molar-refractivity contribution < 1.29 is 9.84 Å². The first-order valence-electron chi connectivity index (χ1n) is 10.4. The molecule has 30 heavy (non-hydrogen) atoms. The van der Waals surface area contributed by atoms with Crippen LogP contribution in [-0.2, 0) is 0 Å². The first-order valence-corrected chi connectivity index (χ1v) is 11.2. The number of benzene rings is 1. The summed E-state index contributed by atoms with van der Waals surface area (Å²) in [6, 6.07) is 9.71. The van der Waals surface area contributed by atoms with Crippen molar-refractivity contribution >= 4 is 23.0 Å². The van der Waals surface area contributed by atoms with Gasteiger partial charge in [-0.25, -0.2) is 15.0 Å². The molecule has 158 valence electrons. The minimum Gasteiger partial charge on any atom is -0.493 e. The second kappa shape index (κ2) is 10.5. The van der Waals surface area contributed by atoms with Crippen molar-refractivity contribution in [2.75, 3.05) is 38.2 Å². The molecule has 2 aromatic heterocycles. The van der Waals surface area contributed by atoms with E-state index in [1.807, 2.05) is 35.7 Å². The lowest BCUT2D eigenvalue weighted by Crippen LogP contribution is -2.35. The minimum absolute atomic E-state index is 0.321. The van der Waals surface area contributed by atoms with Gasteiger partial charge in [0.05, 0.1) is 6.61 Å². The molecule has 4 rings (SSSR count). The van der Waals surface area contributed by atoms with E-state index in [-0.39, 0.29) is 0 Å². The Balaban J connectivity index is 1.26. The first kappa shape index (κ1) is 20.7. The van der Waals surface area contributed by atoms with Crippen LogP contribution in [0.15, 0.2) is 48.1 Å². The number of likely N-dealkylation sites (tertiary alicyclic amines) is 1. The second-order valence-corrected chi connectivity index (χ2v) is 8.32. The van der Waals surface area contributed by atoms with Crippen LogP contribution in [0.4, 0.5) is 11.6 Å². The fourth-order valence-electron chi connectivity index (χ4n) is 3.55. The molecule has 0 unspecified atom stereocenters. The van der Waals surface area contributed by atoms with Crippen molar-refractivity contribution in [3.63, 3.8) is 0 Å². The molecule has 7 nitrogen and oxygen atoms in total. The van der Waals surface area contributed by atoms with Crippen LogP contribution in [0, 0.1) is 5.92 Å². The minimum atomic E-state index is 0.321. The van der Waals surface area contributed by atoms with Crippen LogP contribution in [0.5, 0.6) is 5.75 Å². The first-order chi connectivity index (χ1) is 14.8. The molecule has 1 aliphatic rings. The molecule has 0 aliphatic carbocycles. The third kappa shape index (κ3) is 5.75. The highest BCUT2D eigenvalue weighted by Crippen LogP contribution is 2.23. The van der Waals surface area contributed by atoms with E-state index >= 15 is 0 Å². The van der Waals surface area contributed by atoms with Gasteiger partial charge in [-0.3, -0.25) is 0 Å². The van der Waals surface area contributed by atoms with Gasteiger partial charge in [-0.2, -0.15) is 0 Å². The van der Waals surface area contributed by atoms with Crippen molar-refractivity contribution in [2.45, 2.75) is 19.3 Å². The maximum Gasteiger partial charge on any atom is 0.227 e. The lowest BCUT2D eigenvalue weighted by Gasteiger charge is -2.30. The highest BCUT2D eigenvalue weighted by molar-refractivity contribution is 7.13. The molecule has 0 saturated carbocycles. The third-order valence-corrected chi connectivity index (χ3v) is 6.05. The summed E-state index contributed by atoms with van der Waals surface area (Å²) in [4.78, 5) is 15.6. The van der Waals surface area contributed by atoms with E-state index in [9.17, 15) is 5.11 Å². The second-order valence-electron chi connectivity index (χ2n) is 7.43. The van der Waals surface area contributed by atoms with Crippen LogP contribution in [0.3, 0.4) is 0 Å². The van der Waals surface area contributed by atoms with E-state index in [0.717, 1.165) is 61.0 Å². The average molecular weight is 426 g/mol. The van der Waals surface area contributed by atoms with Crippen LogP contribution in [0.1, 0.15) is 19.3 Å². The largest absolute Gasteiger partial charge is 0.493 e. The van der Waals surface area contributed by atoms with Gasteiger partial charge in [0.25, 0.3) is 0 Å². The fourth-order valence-corrected chi connectivity index (χ4v) is 4.16. The quantitative estimate of drug-likeness (QED) is 0.504. The molecule has 0 radical (unpaired) electrons. The summed E-state index contributed by atoms with van der Waals surface area (Å²) < 4.78 is 5.94. The number of rotatable bonds is 9. The normalized spacial score (nSPS) is 15.2. The molecule has 0 amide bonds. The molecule has 0 spiro atoms. The number of hydrogen-bond acceptors (Lipinski definition) is 8. The predicted molar refractivity (Wildman–Crippen MR) is 119 cm³/mol. The zero-order chi connectivity index (χ0) is 20.6. The molecule has 1 aliphatic heterocycles. The molecule has 3 aromatic rings. The molecule has 3 heterocycles. The number of nitrogens with one attached hydrogen (secondary N) is 1. The number of ether oxygens (including phenoxy) is 1. The lowest BCUT2D eigenvalue weighted by molar-refractivity contribution is 0.126. The van der Waals surface area contributed by atoms with E-state index in [0.29, 0.717) is 25.1 Å². The predicted octanol–water partition coefficient (Wildman–Crippen LogP) is 3.82. The molecule has 8 heteroatoms. The molecular weight excluding hydrogens is 398 g/mol. The third-order valence-electron chi connectivity index (χ3n) is 5.25. The molecule has 0 atom stereocenters. The molecule has 1 aromatic carbocycles. The van der Waals surface area contributed by atoms with Crippen LogP contribution in [0.25, 0.3) is 10.7 Å². The molecule has 1 fully saturated rings. The fraction of sp³-hybridized carbons (Fsp3) is 0.409. The summed E-state index contributed by atoms with van der Waals surface area (Å²) in [5, 5.41) is 15.3. The van der Waals surface area contributed by atoms with Gasteiger partial charge in [0, 0.05) is 42.7 Å². The molecule has 0 bridgehead atoms. The van der Waals surface area contributed by atoms with Crippen LogP contribution < -0.4 is 10.1 Å². The Bertz CT molecular complexity index is 913. The number of anilines is 2. The van der Waals surface area contributed by atoms with Crippen LogP contribution >= 0.6 is 11.3 Å². The maximum absolute atomic E-state index is 9.24. The van der Waals surface area contributed by atoms with E-state index in [4.69, 9.17) is 4.74 Å². The van der Waals surface area contributed by atoms with E-state index in [2.05, 4.69) is 25.2 Å². The van der Waals surface area contributed by atoms with Crippen LogP contribution in [-0.4, -0.2) is 57.8 Å². The highest BCUT2D eigenvalue weighted by atomic mass is 32.1. The Morgan fingerprint density at radius 2 is 2.07 bits per heavy atom. The summed E-state index contributed by atoms with van der Waals surface area (Å²) in [5.74, 6) is 1.85. The van der Waals surface area contributed by atoms with Crippen molar-refractivity contribution in [1.82, 2.24) is 19.9 Å². The number of aliphatic hydroxyl groups excluding tert-OH is 1. The Labute approximate surface area is 180 Å². The van der Waals surface area contributed by atoms with Gasteiger partial charge in [0.15, 0.2) is 0 Å². The Morgan fingerprint density at radius 3 is 2.87 bits per heavy atom. The summed E-state index contributed by atoms with van der Waals surface area (Å²) in [6.07, 6.45) is 6.68. The summed E-state index contributed by atoms with van der Waals surface area (Å²) >= 11 is 1.55. The molecule has 2 N–H and O–H groups in total. The van der Waals surface area contributed by atoms with Gasteiger partial charge in [0.1, 0.15) is 16.5 Å². The van der Waals surface area contributed by atoms with Gasteiger partial charge in [-0.1, -0.05) is 6.07 Å². The number of nitrogens with zero attached hydrogens (tertiary/aromatic N) is 4. The Kier molecular flexibility index (Phi) is 7.23. The van der Waals surface area contributed by atoms with E-state index in [1.54, 1.807) is 23.7 Å². The molecular formula is C22H27N5O2S. The number of hydrogen-bond donors (Lipinski definition) is 2. The van der Waals surface area contributed by atoms with Gasteiger partial charge < -0.3 is 20.1 Å². The summed E-state index contributed by atoms with van der Waals surface area (Å²) in [6.45, 7) is 4.18. The summed E-state index contributed by atoms with van der Waals surface area (Å²) in [5.41, 5.74) is 1.69. The Hall–Kier alpha value is -2.55. The number of aromatic nitrogens is 3. The average Bonchev–Trinajstić information content (AvgIpc) is 3.33. The number of aliphatic hydroxyl groups is 1. The SMILES string of the molecule is OCC1CCN(CCCOc2cccc(Nc3nccc(-c4nccs4)n3)c2)CC1. The smallest absolute Gasteiger partial charge is 0.227 e. The maximum atomic E-state index is 9.24. The Morgan fingerprint density at radius 1 is 1.17 bits per heavy atom. The van der Waals surface area contributed by atoms with Gasteiger partial charge in [-0.05, 0) is 56.5 Å². The van der Waals surface area contributed by atoms with Gasteiger partial charge >= 0.3 is 0 Å². The monoisotopic (exact) mass is 425 g/mol. The zero-order valence-corrected chi connectivity index (χ0v) is 17.7. The van der Waals surface area contributed by atoms with Crippen molar-refractivity contribution in [3.05, 3.63) is 48.1 Å². The van der Waals surface area contributed by atoms with Crippen molar-refractivity contribution in [1.29, 1.82) is 0 Å². The van der Waals surface area contributed by atoms with Gasteiger partial charge in [-0.15, -0.1) is 11.3 Å². The van der Waals surface area contributed by atoms with Gasteiger partial charge in [0.2, 0.25) is 5.95 Å². The molecule has 1 saturated heterocycles. The van der Waals surface area contributed by atoms with Crippen LogP contribution in [0.2, 0.25) is 0 Å². The zero-order valence-electron chi connectivity index (χ0n) is 16.9. The number of piperidine rings is 1. The number of thiazole rings is 1.